The normalized spacial score (nSPS) is 14.2. The largest absolute Gasteiger partial charge is 0.383 e. The SMILES string of the molecule is Cc1ccc(Cc2nc(N)c3c(n2)CCCC3)cc1. The molecule has 2 N–H and O–H groups in total. The summed E-state index contributed by atoms with van der Waals surface area (Å²) in [5.74, 6) is 1.54. The fraction of sp³-hybridized carbons (Fsp3) is 0.375. The van der Waals surface area contributed by atoms with Crippen molar-refractivity contribution in [3.63, 3.8) is 0 Å². The molecule has 0 unspecified atom stereocenters. The van der Waals surface area contributed by atoms with Crippen molar-refractivity contribution < 1.29 is 0 Å². The predicted molar refractivity (Wildman–Crippen MR) is 77.1 cm³/mol. The van der Waals surface area contributed by atoms with Crippen LogP contribution >= 0.6 is 0 Å². The van der Waals surface area contributed by atoms with E-state index in [0.717, 1.165) is 25.1 Å². The third-order valence-electron chi connectivity index (χ3n) is 3.74. The van der Waals surface area contributed by atoms with Crippen LogP contribution in [0.2, 0.25) is 0 Å². The molecule has 3 heteroatoms. The van der Waals surface area contributed by atoms with Crippen LogP contribution in [0.4, 0.5) is 5.82 Å². The van der Waals surface area contributed by atoms with Crippen molar-refractivity contribution in [2.45, 2.75) is 39.0 Å². The van der Waals surface area contributed by atoms with E-state index in [9.17, 15) is 0 Å². The average Bonchev–Trinajstić information content (AvgIpc) is 2.42. The molecule has 0 saturated heterocycles. The van der Waals surface area contributed by atoms with Gasteiger partial charge < -0.3 is 5.73 Å². The molecule has 0 spiro atoms. The molecule has 1 aromatic carbocycles. The zero-order chi connectivity index (χ0) is 13.2. The van der Waals surface area contributed by atoms with Crippen molar-refractivity contribution in [2.24, 2.45) is 0 Å². The van der Waals surface area contributed by atoms with Crippen LogP contribution in [-0.4, -0.2) is 9.97 Å². The minimum atomic E-state index is 0.687. The van der Waals surface area contributed by atoms with Gasteiger partial charge in [0.1, 0.15) is 11.6 Å². The van der Waals surface area contributed by atoms with E-state index >= 15 is 0 Å². The second-order valence-corrected chi connectivity index (χ2v) is 5.32. The van der Waals surface area contributed by atoms with Crippen LogP contribution in [0, 0.1) is 6.92 Å². The lowest BCUT2D eigenvalue weighted by Crippen LogP contribution is -2.13. The van der Waals surface area contributed by atoms with Crippen molar-refractivity contribution in [1.82, 2.24) is 9.97 Å². The van der Waals surface area contributed by atoms with Crippen molar-refractivity contribution in [3.8, 4) is 0 Å². The van der Waals surface area contributed by atoms with Crippen LogP contribution in [0.25, 0.3) is 0 Å². The van der Waals surface area contributed by atoms with Crippen LogP contribution in [0.15, 0.2) is 24.3 Å². The highest BCUT2D eigenvalue weighted by molar-refractivity contribution is 5.44. The van der Waals surface area contributed by atoms with E-state index in [0.29, 0.717) is 5.82 Å². The van der Waals surface area contributed by atoms with Gasteiger partial charge in [0.05, 0.1) is 0 Å². The van der Waals surface area contributed by atoms with Crippen LogP contribution in [0.1, 0.15) is 41.1 Å². The lowest BCUT2D eigenvalue weighted by Gasteiger charge is -2.17. The molecule has 1 aliphatic rings. The highest BCUT2D eigenvalue weighted by Crippen LogP contribution is 2.24. The van der Waals surface area contributed by atoms with Crippen LogP contribution in [0.5, 0.6) is 0 Å². The molecule has 0 atom stereocenters. The Morgan fingerprint density at radius 3 is 2.58 bits per heavy atom. The number of anilines is 1. The molecule has 3 rings (SSSR count). The minimum absolute atomic E-state index is 0.687. The number of aryl methyl sites for hydroxylation is 2. The fourth-order valence-electron chi connectivity index (χ4n) is 2.64. The number of aromatic nitrogens is 2. The summed E-state index contributed by atoms with van der Waals surface area (Å²) in [7, 11) is 0. The maximum atomic E-state index is 6.07. The van der Waals surface area contributed by atoms with E-state index in [1.807, 2.05) is 0 Å². The van der Waals surface area contributed by atoms with E-state index < -0.39 is 0 Å². The summed E-state index contributed by atoms with van der Waals surface area (Å²) < 4.78 is 0. The van der Waals surface area contributed by atoms with Gasteiger partial charge in [0.2, 0.25) is 0 Å². The first-order valence-corrected chi connectivity index (χ1v) is 6.92. The van der Waals surface area contributed by atoms with Crippen molar-refractivity contribution in [3.05, 3.63) is 52.5 Å². The topological polar surface area (TPSA) is 51.8 Å². The fourth-order valence-corrected chi connectivity index (χ4v) is 2.64. The third kappa shape index (κ3) is 2.60. The first kappa shape index (κ1) is 12.2. The van der Waals surface area contributed by atoms with Crippen LogP contribution in [-0.2, 0) is 19.3 Å². The Morgan fingerprint density at radius 1 is 1.05 bits per heavy atom. The van der Waals surface area contributed by atoms with Gasteiger partial charge in [-0.25, -0.2) is 9.97 Å². The standard InChI is InChI=1S/C16H19N3/c1-11-6-8-12(9-7-11)10-15-18-14-5-3-2-4-13(14)16(17)19-15/h6-9H,2-5,10H2,1H3,(H2,17,18,19). The van der Waals surface area contributed by atoms with E-state index in [4.69, 9.17) is 10.7 Å². The molecule has 0 fully saturated rings. The average molecular weight is 253 g/mol. The number of hydrogen-bond donors (Lipinski definition) is 1. The first-order chi connectivity index (χ1) is 9.22. The molecule has 1 aromatic heterocycles. The van der Waals surface area contributed by atoms with Crippen LogP contribution < -0.4 is 5.73 Å². The monoisotopic (exact) mass is 253 g/mol. The molecule has 0 aliphatic heterocycles. The molecule has 2 aromatic rings. The highest BCUT2D eigenvalue weighted by Gasteiger charge is 2.16. The van der Waals surface area contributed by atoms with E-state index in [1.54, 1.807) is 0 Å². The molecule has 3 nitrogen and oxygen atoms in total. The lowest BCUT2D eigenvalue weighted by atomic mass is 9.96. The van der Waals surface area contributed by atoms with Gasteiger partial charge in [0.15, 0.2) is 0 Å². The van der Waals surface area contributed by atoms with Gasteiger partial charge in [-0.05, 0) is 38.2 Å². The molecule has 0 amide bonds. The van der Waals surface area contributed by atoms with Crippen molar-refractivity contribution >= 4 is 5.82 Å². The van der Waals surface area contributed by atoms with Gasteiger partial charge in [0, 0.05) is 17.7 Å². The van der Waals surface area contributed by atoms with Crippen molar-refractivity contribution in [2.75, 3.05) is 5.73 Å². The van der Waals surface area contributed by atoms with E-state index in [2.05, 4.69) is 36.2 Å². The van der Waals surface area contributed by atoms with Gasteiger partial charge in [-0.1, -0.05) is 29.8 Å². The third-order valence-corrected chi connectivity index (χ3v) is 3.74. The van der Waals surface area contributed by atoms with Gasteiger partial charge in [0.25, 0.3) is 0 Å². The molecular weight excluding hydrogens is 234 g/mol. The Labute approximate surface area is 113 Å². The van der Waals surface area contributed by atoms with E-state index in [-0.39, 0.29) is 0 Å². The number of hydrogen-bond acceptors (Lipinski definition) is 3. The maximum absolute atomic E-state index is 6.07. The number of nitrogens with zero attached hydrogens (tertiary/aromatic N) is 2. The molecule has 98 valence electrons. The zero-order valence-electron chi connectivity index (χ0n) is 11.3. The second kappa shape index (κ2) is 5.00. The molecule has 1 heterocycles. The Bertz CT molecular complexity index is 588. The summed E-state index contributed by atoms with van der Waals surface area (Å²) in [6, 6.07) is 8.51. The smallest absolute Gasteiger partial charge is 0.135 e. The number of rotatable bonds is 2. The molecule has 0 bridgehead atoms. The number of nitrogen functional groups attached to an aromatic ring is 1. The summed E-state index contributed by atoms with van der Waals surface area (Å²) in [5.41, 5.74) is 10.9. The summed E-state index contributed by atoms with van der Waals surface area (Å²) in [4.78, 5) is 9.17. The van der Waals surface area contributed by atoms with Gasteiger partial charge in [-0.2, -0.15) is 0 Å². The minimum Gasteiger partial charge on any atom is -0.383 e. The molecular formula is C16H19N3. The summed E-state index contributed by atoms with van der Waals surface area (Å²) >= 11 is 0. The summed E-state index contributed by atoms with van der Waals surface area (Å²) in [6.45, 7) is 2.09. The summed E-state index contributed by atoms with van der Waals surface area (Å²) in [6.07, 6.45) is 5.26. The van der Waals surface area contributed by atoms with Gasteiger partial charge in [-0.3, -0.25) is 0 Å². The Hall–Kier alpha value is -1.90. The first-order valence-electron chi connectivity index (χ1n) is 6.92. The molecule has 0 saturated carbocycles. The number of fused-ring (bicyclic) bond motifs is 1. The molecule has 19 heavy (non-hydrogen) atoms. The van der Waals surface area contributed by atoms with Gasteiger partial charge in [-0.15, -0.1) is 0 Å². The lowest BCUT2D eigenvalue weighted by molar-refractivity contribution is 0.658. The number of nitrogens with two attached hydrogens (primary N) is 1. The van der Waals surface area contributed by atoms with E-state index in [1.165, 1.54) is 35.2 Å². The molecule has 0 radical (unpaired) electrons. The molecule has 1 aliphatic carbocycles. The quantitative estimate of drug-likeness (QED) is 0.895. The predicted octanol–water partition coefficient (Wildman–Crippen LogP) is 2.84. The van der Waals surface area contributed by atoms with Crippen molar-refractivity contribution in [1.29, 1.82) is 0 Å². The highest BCUT2D eigenvalue weighted by atomic mass is 15.0. The van der Waals surface area contributed by atoms with Crippen LogP contribution in [0.3, 0.4) is 0 Å². The number of benzene rings is 1. The Morgan fingerprint density at radius 2 is 1.79 bits per heavy atom. The second-order valence-electron chi connectivity index (χ2n) is 5.32. The Kier molecular flexibility index (Phi) is 3.20. The maximum Gasteiger partial charge on any atom is 0.135 e. The summed E-state index contributed by atoms with van der Waals surface area (Å²) in [5, 5.41) is 0. The zero-order valence-corrected chi connectivity index (χ0v) is 11.3. The van der Waals surface area contributed by atoms with Gasteiger partial charge >= 0.3 is 0 Å². The Balaban J connectivity index is 1.89.